The number of para-hydroxylation sites is 1. The van der Waals surface area contributed by atoms with E-state index in [9.17, 15) is 19.7 Å². The fraction of sp³-hybridized carbons (Fsp3) is 0.111. The summed E-state index contributed by atoms with van der Waals surface area (Å²) >= 11 is 0. The van der Waals surface area contributed by atoms with Gasteiger partial charge in [-0.15, -0.1) is 0 Å². The second-order valence-corrected chi connectivity index (χ2v) is 5.58. The van der Waals surface area contributed by atoms with Gasteiger partial charge in [0.25, 0.3) is 11.6 Å². The number of benzene rings is 2. The first kappa shape index (κ1) is 18.7. The lowest BCUT2D eigenvalue weighted by atomic mass is 10.1. The Morgan fingerprint density at radius 3 is 2.32 bits per heavy atom. The number of nitrogens with one attached hydrogen (secondary N) is 2. The molecule has 142 valence electrons. The van der Waals surface area contributed by atoms with Gasteiger partial charge in [0.15, 0.2) is 0 Å². The zero-order chi connectivity index (χ0) is 19.9. The highest BCUT2D eigenvalue weighted by molar-refractivity contribution is 5.98. The van der Waals surface area contributed by atoms with E-state index in [1.165, 1.54) is 24.3 Å². The zero-order valence-electron chi connectivity index (χ0n) is 14.5. The topological polar surface area (TPSA) is 140 Å². The first-order chi connectivity index (χ1) is 13.6. The van der Waals surface area contributed by atoms with Gasteiger partial charge in [-0.3, -0.25) is 19.7 Å². The van der Waals surface area contributed by atoms with Crippen LogP contribution < -0.4 is 10.6 Å². The van der Waals surface area contributed by atoms with Gasteiger partial charge in [-0.25, -0.2) is 0 Å². The number of carbonyl (C=O) groups is 2. The Bertz CT molecular complexity index is 1000. The van der Waals surface area contributed by atoms with Crippen molar-refractivity contribution in [2.75, 3.05) is 13.1 Å². The van der Waals surface area contributed by atoms with Crippen LogP contribution in [0.15, 0.2) is 59.1 Å². The molecule has 10 nitrogen and oxygen atoms in total. The molecule has 3 aromatic rings. The molecule has 1 aromatic heterocycles. The number of hydrogen-bond acceptors (Lipinski definition) is 7. The summed E-state index contributed by atoms with van der Waals surface area (Å²) in [6.45, 7) is 0.143. The van der Waals surface area contributed by atoms with Crippen LogP contribution in [0.5, 0.6) is 0 Å². The third-order valence-electron chi connectivity index (χ3n) is 3.69. The number of nitrogens with zero attached hydrogens (tertiary/aromatic N) is 3. The molecule has 0 atom stereocenters. The predicted octanol–water partition coefficient (Wildman–Crippen LogP) is 1.80. The van der Waals surface area contributed by atoms with Gasteiger partial charge in [-0.05, 0) is 6.07 Å². The molecule has 0 radical (unpaired) electrons. The maximum atomic E-state index is 12.1. The second-order valence-electron chi connectivity index (χ2n) is 5.58. The molecule has 28 heavy (non-hydrogen) atoms. The van der Waals surface area contributed by atoms with Crippen molar-refractivity contribution >= 4 is 17.5 Å². The highest BCUT2D eigenvalue weighted by Gasteiger charge is 2.19. The zero-order valence-corrected chi connectivity index (χ0v) is 14.5. The van der Waals surface area contributed by atoms with Gasteiger partial charge in [-0.1, -0.05) is 47.6 Å². The summed E-state index contributed by atoms with van der Waals surface area (Å²) in [5.74, 6) is -1.11. The molecule has 1 heterocycles. The van der Waals surface area contributed by atoms with Crippen LogP contribution in [0.4, 0.5) is 5.69 Å². The molecule has 0 aliphatic rings. The van der Waals surface area contributed by atoms with E-state index in [-0.39, 0.29) is 36.1 Å². The average molecular weight is 381 g/mol. The summed E-state index contributed by atoms with van der Waals surface area (Å²) < 4.78 is 4.93. The largest absolute Gasteiger partial charge is 0.350 e. The molecule has 2 N–H and O–H groups in total. The number of carbonyl (C=O) groups excluding carboxylic acids is 2. The van der Waals surface area contributed by atoms with E-state index < -0.39 is 16.7 Å². The molecule has 0 unspecified atom stereocenters. The van der Waals surface area contributed by atoms with Gasteiger partial charge in [0.2, 0.25) is 5.82 Å². The Kier molecular flexibility index (Phi) is 5.70. The van der Waals surface area contributed by atoms with Crippen LogP contribution >= 0.6 is 0 Å². The number of nitro benzene ring substituents is 1. The first-order valence-corrected chi connectivity index (χ1v) is 8.25. The van der Waals surface area contributed by atoms with E-state index in [0.29, 0.717) is 5.56 Å². The summed E-state index contributed by atoms with van der Waals surface area (Å²) in [5, 5.41) is 19.7. The molecule has 0 spiro atoms. The number of amides is 2. The van der Waals surface area contributed by atoms with Crippen LogP contribution in [0.3, 0.4) is 0 Å². The molecule has 2 amide bonds. The van der Waals surface area contributed by atoms with Gasteiger partial charge < -0.3 is 15.2 Å². The van der Waals surface area contributed by atoms with Crippen LogP contribution in [-0.4, -0.2) is 40.0 Å². The van der Waals surface area contributed by atoms with E-state index in [1.54, 1.807) is 12.1 Å². The van der Waals surface area contributed by atoms with Gasteiger partial charge >= 0.3 is 11.8 Å². The minimum Gasteiger partial charge on any atom is -0.350 e. The van der Waals surface area contributed by atoms with Crippen molar-refractivity contribution in [1.82, 2.24) is 20.8 Å². The normalized spacial score (nSPS) is 10.3. The third-order valence-corrected chi connectivity index (χ3v) is 3.69. The van der Waals surface area contributed by atoms with Gasteiger partial charge in [0, 0.05) is 24.7 Å². The van der Waals surface area contributed by atoms with E-state index in [4.69, 9.17) is 4.52 Å². The molecular weight excluding hydrogens is 366 g/mol. The van der Waals surface area contributed by atoms with Crippen molar-refractivity contribution in [3.63, 3.8) is 0 Å². The average Bonchev–Trinajstić information content (AvgIpc) is 3.22. The maximum Gasteiger partial charge on any atom is 0.316 e. The number of rotatable bonds is 7. The van der Waals surface area contributed by atoms with Crippen LogP contribution in [0.2, 0.25) is 0 Å². The molecule has 2 aromatic carbocycles. The Hall–Kier alpha value is -4.08. The van der Waals surface area contributed by atoms with Crippen LogP contribution in [-0.2, 0) is 0 Å². The molecule has 10 heteroatoms. The molecule has 0 saturated carbocycles. The third kappa shape index (κ3) is 4.36. The molecule has 0 bridgehead atoms. The summed E-state index contributed by atoms with van der Waals surface area (Å²) in [6, 6.07) is 14.6. The molecular formula is C18H15N5O5. The molecule has 0 aliphatic carbocycles. The smallest absolute Gasteiger partial charge is 0.316 e. The number of aromatic nitrogens is 2. The predicted molar refractivity (Wildman–Crippen MR) is 97.5 cm³/mol. The fourth-order valence-corrected chi connectivity index (χ4v) is 2.37. The van der Waals surface area contributed by atoms with Crippen molar-refractivity contribution in [3.8, 4) is 11.4 Å². The van der Waals surface area contributed by atoms with Crippen molar-refractivity contribution in [1.29, 1.82) is 0 Å². The SMILES string of the molecule is O=C(NCCNC(=O)c1ccccc1[N+](=O)[O-])c1nc(-c2ccccc2)no1. The van der Waals surface area contributed by atoms with E-state index in [0.717, 1.165) is 0 Å². The van der Waals surface area contributed by atoms with Crippen molar-refractivity contribution < 1.29 is 19.0 Å². The lowest BCUT2D eigenvalue weighted by Crippen LogP contribution is -2.35. The lowest BCUT2D eigenvalue weighted by molar-refractivity contribution is -0.385. The monoisotopic (exact) mass is 381 g/mol. The van der Waals surface area contributed by atoms with Gasteiger partial charge in [0.1, 0.15) is 5.56 Å². The molecule has 0 saturated heterocycles. The minimum absolute atomic E-state index is 0.0526. The molecule has 0 aliphatic heterocycles. The van der Waals surface area contributed by atoms with Crippen molar-refractivity contribution in [3.05, 3.63) is 76.2 Å². The Morgan fingerprint density at radius 2 is 1.61 bits per heavy atom. The first-order valence-electron chi connectivity index (χ1n) is 8.25. The number of hydrogen-bond donors (Lipinski definition) is 2. The van der Waals surface area contributed by atoms with E-state index in [1.807, 2.05) is 18.2 Å². The summed E-state index contributed by atoms with van der Waals surface area (Å²) in [4.78, 5) is 38.5. The molecule has 3 rings (SSSR count). The van der Waals surface area contributed by atoms with E-state index >= 15 is 0 Å². The van der Waals surface area contributed by atoms with Crippen LogP contribution in [0.25, 0.3) is 11.4 Å². The van der Waals surface area contributed by atoms with Crippen LogP contribution in [0, 0.1) is 10.1 Å². The molecule has 0 fully saturated rings. The van der Waals surface area contributed by atoms with Gasteiger partial charge in [0.05, 0.1) is 4.92 Å². The summed E-state index contributed by atoms with van der Waals surface area (Å²) in [7, 11) is 0. The minimum atomic E-state index is -0.628. The van der Waals surface area contributed by atoms with E-state index in [2.05, 4.69) is 20.8 Å². The van der Waals surface area contributed by atoms with Crippen molar-refractivity contribution in [2.24, 2.45) is 0 Å². The van der Waals surface area contributed by atoms with Gasteiger partial charge in [-0.2, -0.15) is 4.98 Å². The Labute approximate surface area is 158 Å². The summed E-state index contributed by atoms with van der Waals surface area (Å²) in [5.41, 5.74) is 0.369. The van der Waals surface area contributed by atoms with Crippen molar-refractivity contribution in [2.45, 2.75) is 0 Å². The number of nitro groups is 1. The highest BCUT2D eigenvalue weighted by atomic mass is 16.6. The Morgan fingerprint density at radius 1 is 0.964 bits per heavy atom. The highest BCUT2D eigenvalue weighted by Crippen LogP contribution is 2.17. The summed E-state index contributed by atoms with van der Waals surface area (Å²) in [6.07, 6.45) is 0. The quantitative estimate of drug-likeness (QED) is 0.361. The lowest BCUT2D eigenvalue weighted by Gasteiger charge is -2.06. The maximum absolute atomic E-state index is 12.1. The van der Waals surface area contributed by atoms with Crippen LogP contribution in [0.1, 0.15) is 21.0 Å². The standard InChI is InChI=1S/C18H15N5O5/c24-16(13-8-4-5-9-14(13)23(26)27)19-10-11-20-17(25)18-21-15(22-28-18)12-6-2-1-3-7-12/h1-9H,10-11H2,(H,19,24)(H,20,25). The fourth-order valence-electron chi connectivity index (χ4n) is 2.37. The second kappa shape index (κ2) is 8.54. The Balaban J connectivity index is 1.51.